The van der Waals surface area contributed by atoms with Gasteiger partial charge in [-0.05, 0) is 42.0 Å². The highest BCUT2D eigenvalue weighted by atomic mass is 28.3. The van der Waals surface area contributed by atoms with E-state index in [1.807, 2.05) is 0 Å². The first-order valence-electron chi connectivity index (χ1n) is 7.97. The van der Waals surface area contributed by atoms with Crippen molar-refractivity contribution < 1.29 is 4.74 Å². The zero-order valence-corrected chi connectivity index (χ0v) is 15.3. The maximum Gasteiger partial charge on any atom is 0.121 e. The Morgan fingerprint density at radius 2 is 2.00 bits per heavy atom. The topological polar surface area (TPSA) is 9.23 Å². The first-order chi connectivity index (χ1) is 9.93. The van der Waals surface area contributed by atoms with Crippen LogP contribution in [0.15, 0.2) is 41.1 Å². The molecule has 0 heterocycles. The molecule has 0 fully saturated rings. The van der Waals surface area contributed by atoms with Crippen LogP contribution in [0.1, 0.15) is 32.3 Å². The molecule has 0 radical (unpaired) electrons. The summed E-state index contributed by atoms with van der Waals surface area (Å²) in [6.07, 6.45) is 7.03. The van der Waals surface area contributed by atoms with Gasteiger partial charge in [0.05, 0.1) is 7.11 Å². The number of hydrogen-bond donors (Lipinski definition) is 0. The van der Waals surface area contributed by atoms with Crippen LogP contribution in [-0.2, 0) is 0 Å². The van der Waals surface area contributed by atoms with Gasteiger partial charge in [0.25, 0.3) is 0 Å². The zero-order valence-electron chi connectivity index (χ0n) is 14.3. The molecular weight excluding hydrogens is 272 g/mol. The van der Waals surface area contributed by atoms with E-state index in [1.54, 1.807) is 17.9 Å². The van der Waals surface area contributed by atoms with Gasteiger partial charge in [0.2, 0.25) is 0 Å². The van der Waals surface area contributed by atoms with Crippen LogP contribution in [0, 0.1) is 12.8 Å². The van der Waals surface area contributed by atoms with Crippen molar-refractivity contribution in [1.29, 1.82) is 0 Å². The molecule has 0 spiro atoms. The summed E-state index contributed by atoms with van der Waals surface area (Å²) in [5, 5.41) is 3.12. The van der Waals surface area contributed by atoms with E-state index in [1.165, 1.54) is 17.2 Å². The molecule has 1 aromatic rings. The quantitative estimate of drug-likeness (QED) is 0.712. The molecule has 1 aromatic carbocycles. The van der Waals surface area contributed by atoms with E-state index in [0.29, 0.717) is 5.92 Å². The second-order valence-corrected chi connectivity index (χ2v) is 11.0. The number of hydrogen-bond acceptors (Lipinski definition) is 1. The van der Waals surface area contributed by atoms with Gasteiger partial charge in [0, 0.05) is 0 Å². The third kappa shape index (κ3) is 2.87. The number of para-hydroxylation sites is 1. The van der Waals surface area contributed by atoms with E-state index in [2.05, 4.69) is 64.2 Å². The van der Waals surface area contributed by atoms with Crippen molar-refractivity contribution in [2.75, 3.05) is 7.11 Å². The van der Waals surface area contributed by atoms with Crippen molar-refractivity contribution in [3.63, 3.8) is 0 Å². The van der Waals surface area contributed by atoms with E-state index >= 15 is 0 Å². The van der Waals surface area contributed by atoms with E-state index < -0.39 is 8.07 Å². The summed E-state index contributed by atoms with van der Waals surface area (Å²) < 4.78 is 5.74. The summed E-state index contributed by atoms with van der Waals surface area (Å²) in [6, 6.07) is 6.59. The average Bonchev–Trinajstić information content (AvgIpc) is 2.96. The van der Waals surface area contributed by atoms with Crippen LogP contribution in [0.4, 0.5) is 0 Å². The maximum atomic E-state index is 5.74. The predicted octanol–water partition coefficient (Wildman–Crippen LogP) is 4.76. The monoisotopic (exact) mass is 300 g/mol. The minimum Gasteiger partial charge on any atom is -0.497 e. The molecule has 2 heteroatoms. The summed E-state index contributed by atoms with van der Waals surface area (Å²) in [5.74, 6) is 1.75. The highest BCUT2D eigenvalue weighted by molar-refractivity contribution is 6.96. The van der Waals surface area contributed by atoms with Crippen molar-refractivity contribution in [1.82, 2.24) is 0 Å². The number of aryl methyl sites for hydroxylation is 1. The van der Waals surface area contributed by atoms with E-state index in [4.69, 9.17) is 4.74 Å². The molecule has 0 saturated heterocycles. The van der Waals surface area contributed by atoms with E-state index in [-0.39, 0.29) is 0 Å². The largest absolute Gasteiger partial charge is 0.497 e. The zero-order chi connectivity index (χ0) is 15.6. The van der Waals surface area contributed by atoms with Gasteiger partial charge >= 0.3 is 0 Å². The Bertz CT molecular complexity index is 581. The number of ether oxygens (including phenoxy) is 1. The SMILES string of the molecule is CCC(C)C1=C([Si](C)(C)c2cccc(C)c2OC)CC=C1. The van der Waals surface area contributed by atoms with E-state index in [0.717, 1.165) is 12.2 Å². The molecule has 1 atom stereocenters. The third-order valence-corrected chi connectivity index (χ3v) is 8.70. The molecule has 0 bridgehead atoms. The third-order valence-electron chi connectivity index (χ3n) is 4.95. The van der Waals surface area contributed by atoms with Crippen LogP contribution in [0.2, 0.25) is 13.1 Å². The number of allylic oxidation sites excluding steroid dienone is 4. The summed E-state index contributed by atoms with van der Waals surface area (Å²) in [7, 11) is 0.106. The lowest BCUT2D eigenvalue weighted by molar-refractivity contribution is 0.415. The average molecular weight is 301 g/mol. The Labute approximate surface area is 130 Å². The number of methoxy groups -OCH3 is 1. The van der Waals surface area contributed by atoms with Gasteiger partial charge < -0.3 is 4.74 Å². The van der Waals surface area contributed by atoms with Gasteiger partial charge in [0.15, 0.2) is 0 Å². The van der Waals surface area contributed by atoms with Crippen LogP contribution >= 0.6 is 0 Å². The fourth-order valence-corrected chi connectivity index (χ4v) is 6.78. The maximum absolute atomic E-state index is 5.74. The Balaban J connectivity index is 2.55. The van der Waals surface area contributed by atoms with Gasteiger partial charge in [0.1, 0.15) is 13.8 Å². The van der Waals surface area contributed by atoms with Crippen LogP contribution in [0.25, 0.3) is 0 Å². The smallest absolute Gasteiger partial charge is 0.121 e. The summed E-state index contributed by atoms with van der Waals surface area (Å²) in [6.45, 7) is 11.7. The molecule has 1 aliphatic rings. The predicted molar refractivity (Wildman–Crippen MR) is 95.1 cm³/mol. The standard InChI is InChI=1S/C19H28OSi/c1-7-14(2)16-11-9-12-17(16)21(5,6)18-13-8-10-15(3)19(18)20-4/h8-11,13-14H,7,12H2,1-6H3. The molecule has 1 aliphatic carbocycles. The van der Waals surface area contributed by atoms with Crippen molar-refractivity contribution in [2.45, 2.75) is 46.7 Å². The van der Waals surface area contributed by atoms with Gasteiger partial charge in [-0.1, -0.05) is 62.5 Å². The van der Waals surface area contributed by atoms with Gasteiger partial charge in [-0.15, -0.1) is 0 Å². The summed E-state index contributed by atoms with van der Waals surface area (Å²) in [4.78, 5) is 0. The first kappa shape index (κ1) is 16.1. The van der Waals surface area contributed by atoms with Crippen molar-refractivity contribution >= 4 is 13.3 Å². The van der Waals surface area contributed by atoms with Gasteiger partial charge in [-0.3, -0.25) is 0 Å². The molecular formula is C19H28OSi. The lowest BCUT2D eigenvalue weighted by Crippen LogP contribution is -2.45. The molecule has 0 N–H and O–H groups in total. The molecule has 0 saturated carbocycles. The second-order valence-electron chi connectivity index (χ2n) is 6.63. The minimum absolute atomic E-state index is 0.654. The molecule has 21 heavy (non-hydrogen) atoms. The lowest BCUT2D eigenvalue weighted by Gasteiger charge is -2.30. The molecule has 114 valence electrons. The second kappa shape index (κ2) is 6.23. The van der Waals surface area contributed by atoms with Crippen LogP contribution in [0.5, 0.6) is 5.75 Å². The van der Waals surface area contributed by atoms with Gasteiger partial charge in [-0.2, -0.15) is 0 Å². The summed E-state index contributed by atoms with van der Waals surface area (Å²) >= 11 is 0. The molecule has 0 aromatic heterocycles. The highest BCUT2D eigenvalue weighted by Crippen LogP contribution is 2.35. The van der Waals surface area contributed by atoms with Crippen molar-refractivity contribution in [3.05, 3.63) is 46.7 Å². The van der Waals surface area contributed by atoms with Crippen LogP contribution in [-0.4, -0.2) is 15.2 Å². The molecule has 0 amide bonds. The fourth-order valence-electron chi connectivity index (χ4n) is 3.40. The molecule has 1 unspecified atom stereocenters. The summed E-state index contributed by atoms with van der Waals surface area (Å²) in [5.41, 5.74) is 2.82. The fraction of sp³-hybridized carbons (Fsp3) is 0.474. The first-order valence-corrected chi connectivity index (χ1v) is 11.0. The Morgan fingerprint density at radius 3 is 2.62 bits per heavy atom. The minimum atomic E-state index is -1.69. The Kier molecular flexibility index (Phi) is 4.77. The molecule has 1 nitrogen and oxygen atoms in total. The lowest BCUT2D eigenvalue weighted by atomic mass is 10.00. The highest BCUT2D eigenvalue weighted by Gasteiger charge is 2.34. The Morgan fingerprint density at radius 1 is 1.29 bits per heavy atom. The molecule has 0 aliphatic heterocycles. The normalized spacial score (nSPS) is 16.5. The Hall–Kier alpha value is -1.28. The van der Waals surface area contributed by atoms with Crippen LogP contribution in [0.3, 0.4) is 0 Å². The van der Waals surface area contributed by atoms with Crippen LogP contribution < -0.4 is 9.92 Å². The van der Waals surface area contributed by atoms with Crippen molar-refractivity contribution in [3.8, 4) is 5.75 Å². The van der Waals surface area contributed by atoms with Crippen molar-refractivity contribution in [2.24, 2.45) is 5.92 Å². The number of benzene rings is 1. The van der Waals surface area contributed by atoms with Gasteiger partial charge in [-0.25, -0.2) is 0 Å². The number of rotatable bonds is 5. The molecule has 2 rings (SSSR count). The van der Waals surface area contributed by atoms with E-state index in [9.17, 15) is 0 Å².